The summed E-state index contributed by atoms with van der Waals surface area (Å²) in [5, 5.41) is 15.7. The van der Waals surface area contributed by atoms with Gasteiger partial charge in [-0.25, -0.2) is 4.68 Å². The van der Waals surface area contributed by atoms with E-state index in [1.165, 1.54) is 0 Å². The number of aromatic nitrogens is 4. The lowest BCUT2D eigenvalue weighted by Crippen LogP contribution is -2.30. The second-order valence-corrected chi connectivity index (χ2v) is 7.44. The van der Waals surface area contributed by atoms with Gasteiger partial charge in [0.15, 0.2) is 5.69 Å². The number of benzene rings is 1. The lowest BCUT2D eigenvalue weighted by atomic mass is 10.1. The summed E-state index contributed by atoms with van der Waals surface area (Å²) >= 11 is 0. The number of piperidine rings is 1. The van der Waals surface area contributed by atoms with Gasteiger partial charge in [0.05, 0.1) is 12.2 Å². The van der Waals surface area contributed by atoms with Crippen LogP contribution in [0.1, 0.15) is 41.6 Å². The lowest BCUT2D eigenvalue weighted by Gasteiger charge is -2.22. The van der Waals surface area contributed by atoms with Crippen molar-refractivity contribution in [1.82, 2.24) is 30.4 Å². The van der Waals surface area contributed by atoms with Crippen LogP contribution in [-0.4, -0.2) is 57.6 Å². The molecule has 0 radical (unpaired) electrons. The van der Waals surface area contributed by atoms with E-state index in [1.54, 1.807) is 18.1 Å². The third-order valence-corrected chi connectivity index (χ3v) is 5.30. The molecule has 29 heavy (non-hydrogen) atoms. The Labute approximate surface area is 169 Å². The van der Waals surface area contributed by atoms with Crippen molar-refractivity contribution < 1.29 is 9.32 Å². The summed E-state index contributed by atoms with van der Waals surface area (Å²) in [6.07, 6.45) is 5.30. The van der Waals surface area contributed by atoms with Gasteiger partial charge in [-0.05, 0) is 32.4 Å². The molecular formula is C21H26N6O2. The van der Waals surface area contributed by atoms with E-state index >= 15 is 0 Å². The van der Waals surface area contributed by atoms with Crippen LogP contribution in [0.5, 0.6) is 0 Å². The molecule has 1 N–H and O–H groups in total. The van der Waals surface area contributed by atoms with Gasteiger partial charge < -0.3 is 14.7 Å². The van der Waals surface area contributed by atoms with Crippen molar-refractivity contribution in [2.24, 2.45) is 0 Å². The fraction of sp³-hybridized carbons (Fsp3) is 0.429. The zero-order valence-electron chi connectivity index (χ0n) is 16.6. The Balaban J connectivity index is 1.27. The number of rotatable bonds is 7. The molecule has 152 valence electrons. The van der Waals surface area contributed by atoms with E-state index < -0.39 is 0 Å². The van der Waals surface area contributed by atoms with Crippen molar-refractivity contribution in [2.75, 3.05) is 26.7 Å². The maximum Gasteiger partial charge on any atom is 0.275 e. The van der Waals surface area contributed by atoms with E-state index in [0.717, 1.165) is 55.8 Å². The predicted octanol–water partition coefficient (Wildman–Crippen LogP) is 2.56. The Morgan fingerprint density at radius 3 is 2.86 bits per heavy atom. The van der Waals surface area contributed by atoms with Crippen molar-refractivity contribution in [3.8, 4) is 11.3 Å². The molecule has 1 saturated heterocycles. The minimum absolute atomic E-state index is 0.104. The summed E-state index contributed by atoms with van der Waals surface area (Å²) in [7, 11) is 1.79. The maximum absolute atomic E-state index is 12.6. The molecular weight excluding hydrogens is 368 g/mol. The number of carbonyl (C=O) groups excluding carboxylic acids is 1. The van der Waals surface area contributed by atoms with E-state index in [4.69, 9.17) is 4.52 Å². The molecule has 1 aromatic carbocycles. The van der Waals surface area contributed by atoms with Crippen LogP contribution in [0.25, 0.3) is 11.3 Å². The standard InChI is InChI=1S/C21H26N6O2/c1-26(21(28)20-15-27(25-23-20)17-9-11-22-12-10-17)13-5-8-18-14-19(24-29-18)16-6-3-2-4-7-16/h2-4,6-7,14-15,17,22H,5,8-13H2,1H3. The van der Waals surface area contributed by atoms with Gasteiger partial charge in [-0.3, -0.25) is 4.79 Å². The van der Waals surface area contributed by atoms with Crippen molar-refractivity contribution in [3.05, 3.63) is 54.0 Å². The van der Waals surface area contributed by atoms with Crippen molar-refractivity contribution >= 4 is 5.91 Å². The second kappa shape index (κ2) is 9.00. The van der Waals surface area contributed by atoms with Crippen molar-refractivity contribution in [3.63, 3.8) is 0 Å². The van der Waals surface area contributed by atoms with Crippen LogP contribution < -0.4 is 5.32 Å². The highest BCUT2D eigenvalue weighted by atomic mass is 16.5. The molecule has 1 amide bonds. The average Bonchev–Trinajstić information content (AvgIpc) is 3.45. The van der Waals surface area contributed by atoms with Gasteiger partial charge in [-0.2, -0.15) is 0 Å². The first-order valence-electron chi connectivity index (χ1n) is 10.1. The van der Waals surface area contributed by atoms with Crippen LogP contribution in [-0.2, 0) is 6.42 Å². The lowest BCUT2D eigenvalue weighted by molar-refractivity contribution is 0.0787. The van der Waals surface area contributed by atoms with Gasteiger partial charge in [0, 0.05) is 31.6 Å². The van der Waals surface area contributed by atoms with Gasteiger partial charge in [0.2, 0.25) is 0 Å². The van der Waals surface area contributed by atoms with Crippen molar-refractivity contribution in [1.29, 1.82) is 0 Å². The normalized spacial score (nSPS) is 14.8. The van der Waals surface area contributed by atoms with Crippen molar-refractivity contribution in [2.45, 2.75) is 31.7 Å². The summed E-state index contributed by atoms with van der Waals surface area (Å²) in [6, 6.07) is 12.2. The molecule has 1 aliphatic rings. The number of amides is 1. The second-order valence-electron chi connectivity index (χ2n) is 7.44. The highest BCUT2D eigenvalue weighted by Gasteiger charge is 2.20. The van der Waals surface area contributed by atoms with Crippen LogP contribution in [0.3, 0.4) is 0 Å². The average molecular weight is 394 g/mol. The van der Waals surface area contributed by atoms with E-state index in [9.17, 15) is 4.79 Å². The summed E-state index contributed by atoms with van der Waals surface area (Å²) in [5.41, 5.74) is 2.27. The topological polar surface area (TPSA) is 89.1 Å². The zero-order valence-corrected chi connectivity index (χ0v) is 16.6. The van der Waals surface area contributed by atoms with E-state index in [0.29, 0.717) is 18.3 Å². The van der Waals surface area contributed by atoms with Gasteiger partial charge in [-0.15, -0.1) is 5.10 Å². The molecule has 1 fully saturated rings. The first-order valence-corrected chi connectivity index (χ1v) is 10.1. The first-order chi connectivity index (χ1) is 14.2. The summed E-state index contributed by atoms with van der Waals surface area (Å²) in [6.45, 7) is 2.56. The molecule has 8 nitrogen and oxygen atoms in total. The predicted molar refractivity (Wildman–Crippen MR) is 108 cm³/mol. The summed E-state index contributed by atoms with van der Waals surface area (Å²) in [5.74, 6) is 0.717. The Bertz CT molecular complexity index is 930. The molecule has 3 heterocycles. The largest absolute Gasteiger partial charge is 0.361 e. The number of nitrogens with one attached hydrogen (secondary N) is 1. The Hall–Kier alpha value is -3.00. The molecule has 0 aliphatic carbocycles. The van der Waals surface area contributed by atoms with Crippen LogP contribution in [0.2, 0.25) is 0 Å². The van der Waals surface area contributed by atoms with Crippen LogP contribution in [0, 0.1) is 0 Å². The third kappa shape index (κ3) is 4.71. The Kier molecular flexibility index (Phi) is 6.00. The number of aryl methyl sites for hydroxylation is 1. The van der Waals surface area contributed by atoms with Crippen LogP contribution >= 0.6 is 0 Å². The molecule has 0 unspecified atom stereocenters. The fourth-order valence-electron chi connectivity index (χ4n) is 3.59. The minimum atomic E-state index is -0.104. The summed E-state index contributed by atoms with van der Waals surface area (Å²) < 4.78 is 7.27. The number of nitrogens with zero attached hydrogens (tertiary/aromatic N) is 5. The van der Waals surface area contributed by atoms with E-state index in [2.05, 4.69) is 20.8 Å². The molecule has 3 aromatic rings. The first kappa shape index (κ1) is 19.3. The zero-order chi connectivity index (χ0) is 20.1. The Morgan fingerprint density at radius 2 is 2.07 bits per heavy atom. The molecule has 2 aromatic heterocycles. The number of carbonyl (C=O) groups is 1. The van der Waals surface area contributed by atoms with Gasteiger partial charge in [0.1, 0.15) is 11.5 Å². The van der Waals surface area contributed by atoms with Crippen LogP contribution in [0.15, 0.2) is 47.1 Å². The van der Waals surface area contributed by atoms with Gasteiger partial charge in [-0.1, -0.05) is 40.7 Å². The maximum atomic E-state index is 12.6. The van der Waals surface area contributed by atoms with Gasteiger partial charge in [0.25, 0.3) is 5.91 Å². The third-order valence-electron chi connectivity index (χ3n) is 5.30. The fourth-order valence-corrected chi connectivity index (χ4v) is 3.59. The molecule has 0 spiro atoms. The monoisotopic (exact) mass is 394 g/mol. The number of hydrogen-bond acceptors (Lipinski definition) is 6. The highest BCUT2D eigenvalue weighted by Crippen LogP contribution is 2.20. The molecule has 1 aliphatic heterocycles. The number of hydrogen-bond donors (Lipinski definition) is 1. The quantitative estimate of drug-likeness (QED) is 0.662. The molecule has 0 bridgehead atoms. The minimum Gasteiger partial charge on any atom is -0.361 e. The van der Waals surface area contributed by atoms with E-state index in [1.807, 2.05) is 41.1 Å². The summed E-state index contributed by atoms with van der Waals surface area (Å²) in [4.78, 5) is 14.3. The molecule has 0 saturated carbocycles. The van der Waals surface area contributed by atoms with Crippen LogP contribution in [0.4, 0.5) is 0 Å². The molecule has 8 heteroatoms. The smallest absolute Gasteiger partial charge is 0.275 e. The Morgan fingerprint density at radius 1 is 1.28 bits per heavy atom. The highest BCUT2D eigenvalue weighted by molar-refractivity contribution is 5.91. The van der Waals surface area contributed by atoms with Gasteiger partial charge >= 0.3 is 0 Å². The van der Waals surface area contributed by atoms with E-state index in [-0.39, 0.29) is 5.91 Å². The molecule has 4 rings (SSSR count). The molecule has 0 atom stereocenters. The SMILES string of the molecule is CN(CCCc1cc(-c2ccccc2)no1)C(=O)c1cn(C2CCNCC2)nn1.